The van der Waals surface area contributed by atoms with Gasteiger partial charge in [0.1, 0.15) is 0 Å². The van der Waals surface area contributed by atoms with E-state index in [0.717, 1.165) is 10.4 Å². The molecule has 96 valence electrons. The molecule has 0 aliphatic heterocycles. The van der Waals surface area contributed by atoms with Crippen molar-refractivity contribution in [3.8, 4) is 0 Å². The van der Waals surface area contributed by atoms with Crippen LogP contribution in [0.15, 0.2) is 22.7 Å². The third-order valence-corrected chi connectivity index (χ3v) is 4.17. The van der Waals surface area contributed by atoms with Crippen molar-refractivity contribution in [2.24, 2.45) is 5.92 Å². The van der Waals surface area contributed by atoms with Crippen molar-refractivity contribution in [2.75, 3.05) is 7.05 Å². The van der Waals surface area contributed by atoms with E-state index in [2.05, 4.69) is 67.3 Å². The van der Waals surface area contributed by atoms with E-state index in [4.69, 9.17) is 0 Å². The van der Waals surface area contributed by atoms with Gasteiger partial charge in [-0.3, -0.25) is 0 Å². The Balaban J connectivity index is 2.85. The van der Waals surface area contributed by atoms with Gasteiger partial charge in [-0.2, -0.15) is 0 Å². The molecule has 0 amide bonds. The second-order valence-electron chi connectivity index (χ2n) is 4.76. The van der Waals surface area contributed by atoms with E-state index in [1.54, 1.807) is 0 Å². The lowest BCUT2D eigenvalue weighted by molar-refractivity contribution is 0.384. The number of benzene rings is 1. The quantitative estimate of drug-likeness (QED) is 0.792. The van der Waals surface area contributed by atoms with Crippen molar-refractivity contribution >= 4 is 15.9 Å². The number of hydrogen-bond donors (Lipinski definition) is 1. The van der Waals surface area contributed by atoms with E-state index in [9.17, 15) is 0 Å². The van der Waals surface area contributed by atoms with Crippen molar-refractivity contribution in [1.82, 2.24) is 5.32 Å². The first kappa shape index (κ1) is 14.7. The first-order valence-corrected chi connectivity index (χ1v) is 7.34. The van der Waals surface area contributed by atoms with Gasteiger partial charge in [-0.05, 0) is 49.6 Å². The molecule has 1 nitrogen and oxygen atoms in total. The van der Waals surface area contributed by atoms with E-state index >= 15 is 0 Å². The Kier molecular flexibility index (Phi) is 6.21. The average molecular weight is 298 g/mol. The van der Waals surface area contributed by atoms with E-state index < -0.39 is 0 Å². The monoisotopic (exact) mass is 297 g/mol. The third-order valence-electron chi connectivity index (χ3n) is 3.68. The predicted molar refractivity (Wildman–Crippen MR) is 79.4 cm³/mol. The molecule has 17 heavy (non-hydrogen) atoms. The lowest BCUT2D eigenvalue weighted by Crippen LogP contribution is -2.20. The Morgan fingerprint density at radius 3 is 2.35 bits per heavy atom. The van der Waals surface area contributed by atoms with E-state index in [0.29, 0.717) is 6.04 Å². The van der Waals surface area contributed by atoms with Crippen LogP contribution in [0.5, 0.6) is 0 Å². The Morgan fingerprint density at radius 2 is 1.88 bits per heavy atom. The van der Waals surface area contributed by atoms with Gasteiger partial charge in [-0.25, -0.2) is 0 Å². The average Bonchev–Trinajstić information content (AvgIpc) is 2.32. The molecule has 1 unspecified atom stereocenters. The number of rotatable bonds is 6. The van der Waals surface area contributed by atoms with Crippen molar-refractivity contribution in [3.05, 3.63) is 33.8 Å². The summed E-state index contributed by atoms with van der Waals surface area (Å²) in [5, 5.41) is 3.46. The highest BCUT2D eigenvalue weighted by atomic mass is 79.9. The second kappa shape index (κ2) is 7.17. The summed E-state index contributed by atoms with van der Waals surface area (Å²) in [6.45, 7) is 6.77. The molecule has 0 aliphatic carbocycles. The van der Waals surface area contributed by atoms with Crippen LogP contribution in [-0.2, 0) is 0 Å². The predicted octanol–water partition coefficient (Wildman–Crippen LogP) is 4.84. The van der Waals surface area contributed by atoms with Gasteiger partial charge >= 0.3 is 0 Å². The summed E-state index contributed by atoms with van der Waals surface area (Å²) < 4.78 is 1.16. The smallest absolute Gasteiger partial charge is 0.0322 e. The largest absolute Gasteiger partial charge is 0.313 e. The van der Waals surface area contributed by atoms with Gasteiger partial charge in [0, 0.05) is 10.5 Å². The van der Waals surface area contributed by atoms with Gasteiger partial charge in [0.15, 0.2) is 0 Å². The molecular formula is C15H24BrN. The summed E-state index contributed by atoms with van der Waals surface area (Å²) in [5.74, 6) is 0.815. The van der Waals surface area contributed by atoms with Gasteiger partial charge in [0.25, 0.3) is 0 Å². The van der Waals surface area contributed by atoms with Crippen molar-refractivity contribution in [2.45, 2.75) is 46.1 Å². The van der Waals surface area contributed by atoms with Crippen LogP contribution < -0.4 is 5.32 Å². The van der Waals surface area contributed by atoms with Gasteiger partial charge in [-0.1, -0.05) is 48.7 Å². The summed E-state index contributed by atoms with van der Waals surface area (Å²) in [5.41, 5.74) is 2.80. The van der Waals surface area contributed by atoms with Gasteiger partial charge < -0.3 is 5.32 Å². The number of nitrogens with one attached hydrogen (secondary N) is 1. The van der Waals surface area contributed by atoms with Crippen LogP contribution in [-0.4, -0.2) is 7.05 Å². The number of aryl methyl sites for hydroxylation is 1. The highest BCUT2D eigenvalue weighted by molar-refractivity contribution is 9.10. The molecule has 0 saturated heterocycles. The first-order chi connectivity index (χ1) is 8.12. The SMILES string of the molecule is CCC(CC)CC(NC)c1ccc(Br)cc1C. The van der Waals surface area contributed by atoms with E-state index in [1.165, 1.54) is 30.4 Å². The van der Waals surface area contributed by atoms with Gasteiger partial charge in [0.05, 0.1) is 0 Å². The van der Waals surface area contributed by atoms with Crippen LogP contribution in [0.25, 0.3) is 0 Å². The molecule has 1 atom stereocenters. The minimum absolute atomic E-state index is 0.480. The fourth-order valence-corrected chi connectivity index (χ4v) is 2.86. The molecule has 0 fully saturated rings. The molecule has 0 heterocycles. The fourth-order valence-electron chi connectivity index (χ4n) is 2.39. The van der Waals surface area contributed by atoms with Crippen LogP contribution in [0.4, 0.5) is 0 Å². The summed E-state index contributed by atoms with van der Waals surface area (Å²) in [6.07, 6.45) is 3.76. The van der Waals surface area contributed by atoms with E-state index in [-0.39, 0.29) is 0 Å². The minimum atomic E-state index is 0.480. The molecular weight excluding hydrogens is 274 g/mol. The second-order valence-corrected chi connectivity index (χ2v) is 5.68. The zero-order valence-corrected chi connectivity index (χ0v) is 13.0. The number of halogens is 1. The maximum Gasteiger partial charge on any atom is 0.0322 e. The molecule has 0 spiro atoms. The van der Waals surface area contributed by atoms with E-state index in [1.807, 2.05) is 0 Å². The van der Waals surface area contributed by atoms with Crippen LogP contribution in [0, 0.1) is 12.8 Å². The van der Waals surface area contributed by atoms with Crippen LogP contribution in [0.1, 0.15) is 50.3 Å². The molecule has 0 aromatic heterocycles. The molecule has 1 N–H and O–H groups in total. The summed E-state index contributed by atoms with van der Waals surface area (Å²) >= 11 is 3.53. The maximum absolute atomic E-state index is 3.53. The van der Waals surface area contributed by atoms with Crippen molar-refractivity contribution < 1.29 is 0 Å². The molecule has 0 aliphatic rings. The van der Waals surface area contributed by atoms with Crippen molar-refractivity contribution in [3.63, 3.8) is 0 Å². The van der Waals surface area contributed by atoms with Crippen LogP contribution in [0.2, 0.25) is 0 Å². The molecule has 1 aromatic carbocycles. The molecule has 1 rings (SSSR count). The molecule has 1 aromatic rings. The lowest BCUT2D eigenvalue weighted by Gasteiger charge is -2.23. The fraction of sp³-hybridized carbons (Fsp3) is 0.600. The maximum atomic E-state index is 3.53. The third kappa shape index (κ3) is 4.11. The Labute approximate surface area is 114 Å². The molecule has 0 bridgehead atoms. The molecule has 0 saturated carbocycles. The normalized spacial score (nSPS) is 13.1. The Bertz CT molecular complexity index is 345. The van der Waals surface area contributed by atoms with Gasteiger partial charge in [-0.15, -0.1) is 0 Å². The topological polar surface area (TPSA) is 12.0 Å². The summed E-state index contributed by atoms with van der Waals surface area (Å²) in [6, 6.07) is 7.06. The van der Waals surface area contributed by atoms with Crippen LogP contribution >= 0.6 is 15.9 Å². The van der Waals surface area contributed by atoms with Gasteiger partial charge in [0.2, 0.25) is 0 Å². The van der Waals surface area contributed by atoms with Crippen LogP contribution in [0.3, 0.4) is 0 Å². The summed E-state index contributed by atoms with van der Waals surface area (Å²) in [4.78, 5) is 0. The zero-order chi connectivity index (χ0) is 12.8. The molecule has 0 radical (unpaired) electrons. The lowest BCUT2D eigenvalue weighted by atomic mass is 9.89. The standard InChI is InChI=1S/C15H24BrN/c1-5-12(6-2)10-15(17-4)14-8-7-13(16)9-11(14)3/h7-9,12,15,17H,5-6,10H2,1-4H3. The first-order valence-electron chi connectivity index (χ1n) is 6.55. The summed E-state index contributed by atoms with van der Waals surface area (Å²) in [7, 11) is 2.06. The number of hydrogen-bond acceptors (Lipinski definition) is 1. The minimum Gasteiger partial charge on any atom is -0.313 e. The highest BCUT2D eigenvalue weighted by Crippen LogP contribution is 2.28. The molecule has 2 heteroatoms. The Hall–Kier alpha value is -0.340. The highest BCUT2D eigenvalue weighted by Gasteiger charge is 2.16. The zero-order valence-electron chi connectivity index (χ0n) is 11.4. The Morgan fingerprint density at radius 1 is 1.24 bits per heavy atom. The van der Waals surface area contributed by atoms with Crippen molar-refractivity contribution in [1.29, 1.82) is 0 Å².